The van der Waals surface area contributed by atoms with Crippen LogP contribution in [0.15, 0.2) is 41.0 Å². The first-order valence-corrected chi connectivity index (χ1v) is 10.1. The molecule has 2 aromatic heterocycles. The van der Waals surface area contributed by atoms with Gasteiger partial charge in [0.2, 0.25) is 5.91 Å². The number of nitrogens with zero attached hydrogens (tertiary/aromatic N) is 4. The highest BCUT2D eigenvalue weighted by Gasteiger charge is 2.21. The molecule has 1 aliphatic heterocycles. The maximum Gasteiger partial charge on any atom is 0.219 e. The van der Waals surface area contributed by atoms with Crippen LogP contribution in [-0.2, 0) is 4.79 Å². The number of aromatic nitrogens is 3. The van der Waals surface area contributed by atoms with E-state index in [1.807, 2.05) is 23.1 Å². The van der Waals surface area contributed by atoms with Crippen molar-refractivity contribution in [2.24, 2.45) is 5.92 Å². The van der Waals surface area contributed by atoms with Crippen molar-refractivity contribution in [1.82, 2.24) is 19.5 Å². The summed E-state index contributed by atoms with van der Waals surface area (Å²) in [6, 6.07) is 9.08. The molecule has 3 aromatic rings. The Morgan fingerprint density at radius 3 is 2.79 bits per heavy atom. The first-order valence-electron chi connectivity index (χ1n) is 9.35. The summed E-state index contributed by atoms with van der Waals surface area (Å²) >= 11 is 3.50. The Balaban J connectivity index is 1.58. The molecule has 2 N–H and O–H groups in total. The molecule has 0 aliphatic carbocycles. The van der Waals surface area contributed by atoms with Crippen LogP contribution in [0.3, 0.4) is 0 Å². The highest BCUT2D eigenvalue weighted by Crippen LogP contribution is 2.31. The molecule has 0 saturated carbocycles. The van der Waals surface area contributed by atoms with E-state index in [0.717, 1.165) is 42.8 Å². The lowest BCUT2D eigenvalue weighted by Crippen LogP contribution is -2.38. The minimum atomic E-state index is 0.149. The summed E-state index contributed by atoms with van der Waals surface area (Å²) in [6.45, 7) is 4.04. The van der Waals surface area contributed by atoms with Gasteiger partial charge in [0.05, 0.1) is 16.4 Å². The summed E-state index contributed by atoms with van der Waals surface area (Å²) < 4.78 is 2.56. The van der Waals surface area contributed by atoms with Gasteiger partial charge in [-0.3, -0.25) is 4.79 Å². The Hall–Kier alpha value is -2.61. The van der Waals surface area contributed by atoms with Gasteiger partial charge in [0.25, 0.3) is 0 Å². The van der Waals surface area contributed by atoms with E-state index in [9.17, 15) is 9.90 Å². The van der Waals surface area contributed by atoms with Crippen molar-refractivity contribution in [1.29, 1.82) is 0 Å². The lowest BCUT2D eigenvalue weighted by atomic mass is 9.97. The van der Waals surface area contributed by atoms with Crippen LogP contribution in [-0.4, -0.2) is 50.1 Å². The summed E-state index contributed by atoms with van der Waals surface area (Å²) in [4.78, 5) is 18.1. The van der Waals surface area contributed by atoms with Gasteiger partial charge in [-0.25, -0.2) is 4.98 Å². The van der Waals surface area contributed by atoms with E-state index < -0.39 is 0 Å². The smallest absolute Gasteiger partial charge is 0.219 e. The fourth-order valence-electron chi connectivity index (χ4n) is 3.59. The zero-order valence-corrected chi connectivity index (χ0v) is 17.2. The van der Waals surface area contributed by atoms with Crippen molar-refractivity contribution in [2.45, 2.75) is 19.8 Å². The number of benzene rings is 1. The molecule has 8 heteroatoms. The highest BCUT2D eigenvalue weighted by molar-refractivity contribution is 9.10. The summed E-state index contributed by atoms with van der Waals surface area (Å²) in [5.74, 6) is 1.66. The first-order chi connectivity index (χ1) is 13.5. The lowest BCUT2D eigenvalue weighted by Gasteiger charge is -2.31. The standard InChI is InChI=1S/C20H22BrN5O2/c1-13(27)25-8-6-14(7-9-25)11-22-19-10-17(15-4-2-3-5-18(15)28)24-20-16(21)12-23-26(19)20/h2-5,10,12,14,22,28H,6-9,11H2,1H3. The first kappa shape index (κ1) is 18.7. The van der Waals surface area contributed by atoms with E-state index in [1.165, 1.54) is 0 Å². The molecule has 4 rings (SSSR count). The number of halogens is 1. The van der Waals surface area contributed by atoms with Crippen molar-refractivity contribution in [3.8, 4) is 17.0 Å². The SMILES string of the molecule is CC(=O)N1CCC(CNc2cc(-c3ccccc3O)nc3c(Br)cnn23)CC1. The largest absolute Gasteiger partial charge is 0.507 e. The molecule has 0 radical (unpaired) electrons. The molecule has 7 nitrogen and oxygen atoms in total. The molecular weight excluding hydrogens is 422 g/mol. The van der Waals surface area contributed by atoms with Gasteiger partial charge in [-0.2, -0.15) is 9.61 Å². The molecule has 0 spiro atoms. The lowest BCUT2D eigenvalue weighted by molar-refractivity contribution is -0.130. The molecule has 1 amide bonds. The quantitative estimate of drug-likeness (QED) is 0.644. The summed E-state index contributed by atoms with van der Waals surface area (Å²) in [5.41, 5.74) is 2.05. The van der Waals surface area contributed by atoms with Crippen LogP contribution in [0.2, 0.25) is 0 Å². The Bertz CT molecular complexity index is 1010. The second-order valence-electron chi connectivity index (χ2n) is 7.10. The number of piperidine rings is 1. The Kier molecular flexibility index (Phi) is 5.21. The van der Waals surface area contributed by atoms with Crippen LogP contribution in [0, 0.1) is 5.92 Å². The van der Waals surface area contributed by atoms with Gasteiger partial charge < -0.3 is 15.3 Å². The number of fused-ring (bicyclic) bond motifs is 1. The van der Waals surface area contributed by atoms with Crippen molar-refractivity contribution < 1.29 is 9.90 Å². The number of anilines is 1. The molecule has 0 bridgehead atoms. The molecule has 0 atom stereocenters. The maximum absolute atomic E-state index is 11.5. The zero-order valence-electron chi connectivity index (χ0n) is 15.6. The number of nitrogens with one attached hydrogen (secondary N) is 1. The van der Waals surface area contributed by atoms with Crippen molar-refractivity contribution >= 4 is 33.3 Å². The van der Waals surface area contributed by atoms with E-state index in [0.29, 0.717) is 22.8 Å². The molecular formula is C20H22BrN5O2. The third kappa shape index (κ3) is 3.69. The Labute approximate surface area is 171 Å². The predicted molar refractivity (Wildman–Crippen MR) is 111 cm³/mol. The van der Waals surface area contributed by atoms with Gasteiger partial charge in [-0.15, -0.1) is 0 Å². The van der Waals surface area contributed by atoms with Crippen LogP contribution in [0.25, 0.3) is 16.9 Å². The molecule has 0 unspecified atom stereocenters. The number of phenols is 1. The number of phenolic OH excluding ortho intramolecular Hbond substituents is 1. The second kappa shape index (κ2) is 7.79. The molecule has 1 fully saturated rings. The number of para-hydroxylation sites is 1. The fraction of sp³-hybridized carbons (Fsp3) is 0.350. The monoisotopic (exact) mass is 443 g/mol. The third-order valence-electron chi connectivity index (χ3n) is 5.24. The third-order valence-corrected chi connectivity index (χ3v) is 5.80. The average Bonchev–Trinajstić information content (AvgIpc) is 3.08. The van der Waals surface area contributed by atoms with E-state index in [2.05, 4.69) is 31.3 Å². The van der Waals surface area contributed by atoms with Crippen LogP contribution in [0.5, 0.6) is 5.75 Å². The van der Waals surface area contributed by atoms with Gasteiger partial charge >= 0.3 is 0 Å². The molecule has 146 valence electrons. The number of likely N-dealkylation sites (tertiary alicyclic amines) is 1. The van der Waals surface area contributed by atoms with Crippen molar-refractivity contribution in [3.05, 3.63) is 41.0 Å². The van der Waals surface area contributed by atoms with E-state index in [-0.39, 0.29) is 11.7 Å². The maximum atomic E-state index is 11.5. The van der Waals surface area contributed by atoms with Crippen LogP contribution >= 0.6 is 15.9 Å². The molecule has 1 saturated heterocycles. The zero-order chi connectivity index (χ0) is 19.7. The highest BCUT2D eigenvalue weighted by atomic mass is 79.9. The van der Waals surface area contributed by atoms with Gasteiger partial charge in [0.1, 0.15) is 11.6 Å². The van der Waals surface area contributed by atoms with E-state index in [1.54, 1.807) is 29.8 Å². The van der Waals surface area contributed by atoms with Crippen LogP contribution in [0.4, 0.5) is 5.82 Å². The number of hydrogen-bond acceptors (Lipinski definition) is 5. The summed E-state index contributed by atoms with van der Waals surface area (Å²) in [6.07, 6.45) is 3.68. The minimum Gasteiger partial charge on any atom is -0.507 e. The Morgan fingerprint density at radius 1 is 1.32 bits per heavy atom. The second-order valence-corrected chi connectivity index (χ2v) is 7.96. The number of carbonyl (C=O) groups excluding carboxylic acids is 1. The predicted octanol–water partition coefficient (Wildman–Crippen LogP) is 3.53. The van der Waals surface area contributed by atoms with Crippen molar-refractivity contribution in [2.75, 3.05) is 25.0 Å². The van der Waals surface area contributed by atoms with Crippen LogP contribution < -0.4 is 5.32 Å². The number of rotatable bonds is 4. The van der Waals surface area contributed by atoms with Crippen molar-refractivity contribution in [3.63, 3.8) is 0 Å². The summed E-state index contributed by atoms with van der Waals surface area (Å²) in [7, 11) is 0. The Morgan fingerprint density at radius 2 is 2.07 bits per heavy atom. The minimum absolute atomic E-state index is 0.149. The van der Waals surface area contributed by atoms with Gasteiger partial charge in [-0.05, 0) is 46.8 Å². The van der Waals surface area contributed by atoms with E-state index in [4.69, 9.17) is 0 Å². The normalized spacial score (nSPS) is 15.1. The molecule has 1 aromatic carbocycles. The number of amides is 1. The van der Waals surface area contributed by atoms with Gasteiger partial charge in [0, 0.05) is 38.2 Å². The van der Waals surface area contributed by atoms with E-state index >= 15 is 0 Å². The summed E-state index contributed by atoms with van der Waals surface area (Å²) in [5, 5.41) is 18.1. The van der Waals surface area contributed by atoms with Gasteiger partial charge in [0.15, 0.2) is 5.65 Å². The molecule has 3 heterocycles. The average molecular weight is 444 g/mol. The molecule has 28 heavy (non-hydrogen) atoms. The fourth-order valence-corrected chi connectivity index (χ4v) is 3.94. The number of aromatic hydroxyl groups is 1. The number of hydrogen-bond donors (Lipinski definition) is 2. The number of carbonyl (C=O) groups is 1. The topological polar surface area (TPSA) is 82.8 Å². The van der Waals surface area contributed by atoms with Gasteiger partial charge in [-0.1, -0.05) is 12.1 Å². The van der Waals surface area contributed by atoms with Crippen LogP contribution in [0.1, 0.15) is 19.8 Å². The molecule has 1 aliphatic rings.